The molecule has 6 heteroatoms. The van der Waals surface area contributed by atoms with Crippen molar-refractivity contribution in [3.8, 4) is 22.6 Å². The lowest BCUT2D eigenvalue weighted by Gasteiger charge is -2.20. The zero-order valence-electron chi connectivity index (χ0n) is 13.2. The number of nitrogens with zero attached hydrogens (tertiary/aromatic N) is 4. The molecular formula is C18H17ClN4O. The van der Waals surface area contributed by atoms with Crippen molar-refractivity contribution in [2.24, 2.45) is 0 Å². The predicted molar refractivity (Wildman–Crippen MR) is 96.1 cm³/mol. The molecule has 1 N–H and O–H groups in total. The van der Waals surface area contributed by atoms with Crippen LogP contribution in [0.4, 0.5) is 5.82 Å². The van der Waals surface area contributed by atoms with Crippen molar-refractivity contribution < 1.29 is 5.11 Å². The third-order valence-electron chi connectivity index (χ3n) is 3.61. The number of aliphatic hydroxyl groups excluding tert-OH is 1. The fraction of sp³-hybridized carbons (Fsp3) is 0.167. The van der Waals surface area contributed by atoms with E-state index in [1.807, 2.05) is 54.4 Å². The maximum Gasteiger partial charge on any atom is 0.183 e. The molecule has 122 valence electrons. The number of aromatic nitrogens is 3. The van der Waals surface area contributed by atoms with Crippen molar-refractivity contribution in [3.63, 3.8) is 0 Å². The number of benzene rings is 2. The number of hydrogen-bond donors (Lipinski definition) is 1. The fourth-order valence-electron chi connectivity index (χ4n) is 2.34. The molecule has 3 rings (SSSR count). The van der Waals surface area contributed by atoms with Crippen LogP contribution in [-0.4, -0.2) is 40.5 Å². The Labute approximate surface area is 145 Å². The van der Waals surface area contributed by atoms with Crippen molar-refractivity contribution in [2.75, 3.05) is 25.1 Å². The van der Waals surface area contributed by atoms with E-state index in [-0.39, 0.29) is 6.61 Å². The maximum absolute atomic E-state index is 9.26. The first-order chi connectivity index (χ1) is 11.7. The summed E-state index contributed by atoms with van der Waals surface area (Å²) in [6.45, 7) is 0.481. The molecule has 0 unspecified atom stereocenters. The van der Waals surface area contributed by atoms with Crippen LogP contribution in [0.5, 0.6) is 0 Å². The van der Waals surface area contributed by atoms with E-state index in [0.717, 1.165) is 11.1 Å². The van der Waals surface area contributed by atoms with Crippen LogP contribution in [0.15, 0.2) is 54.6 Å². The summed E-state index contributed by atoms with van der Waals surface area (Å²) in [5.74, 6) is 1.22. The summed E-state index contributed by atoms with van der Waals surface area (Å²) < 4.78 is 0. The highest BCUT2D eigenvalue weighted by Crippen LogP contribution is 2.28. The van der Waals surface area contributed by atoms with E-state index in [9.17, 15) is 5.11 Å². The van der Waals surface area contributed by atoms with Gasteiger partial charge in [-0.1, -0.05) is 54.1 Å². The van der Waals surface area contributed by atoms with Crippen LogP contribution in [0, 0.1) is 0 Å². The monoisotopic (exact) mass is 340 g/mol. The molecule has 0 saturated carbocycles. The van der Waals surface area contributed by atoms with Crippen LogP contribution in [0.3, 0.4) is 0 Å². The van der Waals surface area contributed by atoms with Crippen molar-refractivity contribution >= 4 is 17.4 Å². The fourth-order valence-corrected chi connectivity index (χ4v) is 2.47. The van der Waals surface area contributed by atoms with Crippen LogP contribution >= 0.6 is 11.6 Å². The Morgan fingerprint density at radius 2 is 1.67 bits per heavy atom. The largest absolute Gasteiger partial charge is 0.395 e. The van der Waals surface area contributed by atoms with Crippen molar-refractivity contribution in [1.29, 1.82) is 0 Å². The summed E-state index contributed by atoms with van der Waals surface area (Å²) >= 11 is 5.96. The second kappa shape index (κ2) is 7.38. The molecule has 0 aliphatic carbocycles. The number of likely N-dealkylation sites (N-methyl/N-ethyl adjacent to an activating group) is 1. The Balaban J connectivity index is 2.09. The van der Waals surface area contributed by atoms with Gasteiger partial charge in [0, 0.05) is 29.7 Å². The number of halogens is 1. The zero-order valence-corrected chi connectivity index (χ0v) is 14.0. The first-order valence-electron chi connectivity index (χ1n) is 7.57. The Bertz CT molecular complexity index is 809. The topological polar surface area (TPSA) is 62.1 Å². The highest BCUT2D eigenvalue weighted by Gasteiger charge is 2.16. The van der Waals surface area contributed by atoms with Gasteiger partial charge in [-0.15, -0.1) is 10.2 Å². The van der Waals surface area contributed by atoms with Gasteiger partial charge in [-0.2, -0.15) is 0 Å². The number of rotatable bonds is 5. The van der Waals surface area contributed by atoms with Crippen LogP contribution in [0.2, 0.25) is 5.02 Å². The molecule has 0 saturated heterocycles. The van der Waals surface area contributed by atoms with Gasteiger partial charge in [0.1, 0.15) is 5.69 Å². The number of aliphatic hydroxyl groups is 1. The Hall–Kier alpha value is -2.50. The second-order valence-electron chi connectivity index (χ2n) is 5.33. The van der Waals surface area contributed by atoms with Crippen LogP contribution in [0.25, 0.3) is 22.6 Å². The van der Waals surface area contributed by atoms with E-state index in [0.29, 0.717) is 28.9 Å². The average Bonchev–Trinajstić information content (AvgIpc) is 2.63. The molecule has 0 aliphatic rings. The van der Waals surface area contributed by atoms with Crippen LogP contribution in [-0.2, 0) is 0 Å². The lowest BCUT2D eigenvalue weighted by Crippen LogP contribution is -2.24. The minimum Gasteiger partial charge on any atom is -0.395 e. The van der Waals surface area contributed by atoms with E-state index < -0.39 is 0 Å². The molecule has 0 amide bonds. The smallest absolute Gasteiger partial charge is 0.183 e. The molecule has 3 aromatic rings. The van der Waals surface area contributed by atoms with Gasteiger partial charge in [-0.25, -0.2) is 4.98 Å². The van der Waals surface area contributed by atoms with Gasteiger partial charge in [0.15, 0.2) is 11.6 Å². The minimum atomic E-state index is 0.0290. The molecule has 0 spiro atoms. The summed E-state index contributed by atoms with van der Waals surface area (Å²) in [7, 11) is 1.87. The number of hydrogen-bond acceptors (Lipinski definition) is 5. The molecule has 0 aliphatic heterocycles. The average molecular weight is 341 g/mol. The van der Waals surface area contributed by atoms with Gasteiger partial charge in [0.05, 0.1) is 6.61 Å². The van der Waals surface area contributed by atoms with Gasteiger partial charge in [-0.05, 0) is 12.1 Å². The summed E-state index contributed by atoms with van der Waals surface area (Å²) in [6.07, 6.45) is 0. The highest BCUT2D eigenvalue weighted by atomic mass is 35.5. The lowest BCUT2D eigenvalue weighted by molar-refractivity contribution is 0.304. The van der Waals surface area contributed by atoms with Crippen LogP contribution in [0.1, 0.15) is 0 Å². The van der Waals surface area contributed by atoms with E-state index in [1.54, 1.807) is 12.1 Å². The third-order valence-corrected chi connectivity index (χ3v) is 3.87. The van der Waals surface area contributed by atoms with E-state index in [1.165, 1.54) is 0 Å². The molecule has 1 aromatic heterocycles. The van der Waals surface area contributed by atoms with E-state index >= 15 is 0 Å². The highest BCUT2D eigenvalue weighted by molar-refractivity contribution is 6.30. The molecule has 24 heavy (non-hydrogen) atoms. The standard InChI is InChI=1S/C18H17ClN4O/c1-23(11-12-24)18-16(13-7-9-15(19)10-8-13)21-22-17(20-18)14-5-3-2-4-6-14/h2-10,24H,11-12H2,1H3. The van der Waals surface area contributed by atoms with Gasteiger partial charge in [-0.3, -0.25) is 0 Å². The summed E-state index contributed by atoms with van der Waals surface area (Å²) in [5.41, 5.74) is 2.42. The van der Waals surface area contributed by atoms with Crippen molar-refractivity contribution in [2.45, 2.75) is 0 Å². The molecule has 0 atom stereocenters. The molecule has 0 radical (unpaired) electrons. The molecule has 5 nitrogen and oxygen atoms in total. The van der Waals surface area contributed by atoms with Gasteiger partial charge in [0.25, 0.3) is 0 Å². The molecule has 2 aromatic carbocycles. The second-order valence-corrected chi connectivity index (χ2v) is 5.76. The maximum atomic E-state index is 9.26. The Kier molecular flexibility index (Phi) is 5.03. The minimum absolute atomic E-state index is 0.0290. The molecular weight excluding hydrogens is 324 g/mol. The molecule has 1 heterocycles. The molecule has 0 fully saturated rings. The third kappa shape index (κ3) is 3.53. The van der Waals surface area contributed by atoms with Crippen molar-refractivity contribution in [1.82, 2.24) is 15.2 Å². The van der Waals surface area contributed by atoms with E-state index in [2.05, 4.69) is 15.2 Å². The Morgan fingerprint density at radius 1 is 0.958 bits per heavy atom. The SMILES string of the molecule is CN(CCO)c1nc(-c2ccccc2)nnc1-c1ccc(Cl)cc1. The Morgan fingerprint density at radius 3 is 2.33 bits per heavy atom. The van der Waals surface area contributed by atoms with Gasteiger partial charge < -0.3 is 10.0 Å². The quantitative estimate of drug-likeness (QED) is 0.772. The lowest BCUT2D eigenvalue weighted by atomic mass is 10.1. The van der Waals surface area contributed by atoms with Gasteiger partial charge in [0.2, 0.25) is 0 Å². The first-order valence-corrected chi connectivity index (χ1v) is 7.95. The van der Waals surface area contributed by atoms with E-state index in [4.69, 9.17) is 11.6 Å². The predicted octanol–water partition coefficient (Wildman–Crippen LogP) is 3.29. The zero-order chi connectivity index (χ0) is 16.9. The number of anilines is 1. The molecule has 0 bridgehead atoms. The first kappa shape index (κ1) is 16.4. The van der Waals surface area contributed by atoms with Crippen molar-refractivity contribution in [3.05, 3.63) is 59.6 Å². The normalized spacial score (nSPS) is 10.6. The summed E-state index contributed by atoms with van der Waals surface area (Å²) in [4.78, 5) is 6.53. The summed E-state index contributed by atoms with van der Waals surface area (Å²) in [5, 5.41) is 18.6. The summed E-state index contributed by atoms with van der Waals surface area (Å²) in [6, 6.07) is 17.1. The van der Waals surface area contributed by atoms with Gasteiger partial charge >= 0.3 is 0 Å². The van der Waals surface area contributed by atoms with Crippen LogP contribution < -0.4 is 4.90 Å².